The van der Waals surface area contributed by atoms with Gasteiger partial charge in [-0.25, -0.2) is 0 Å². The number of carbonyl (C=O) groups excluding carboxylic acids is 1. The van der Waals surface area contributed by atoms with Crippen molar-refractivity contribution < 1.29 is 4.79 Å². The van der Waals surface area contributed by atoms with E-state index in [1.807, 2.05) is 23.6 Å². The normalized spacial score (nSPS) is 22.8. The van der Waals surface area contributed by atoms with Crippen molar-refractivity contribution in [2.24, 2.45) is 5.92 Å². The van der Waals surface area contributed by atoms with E-state index in [-0.39, 0.29) is 5.91 Å². The third-order valence-electron chi connectivity index (χ3n) is 3.90. The SMILES string of the molecule is O=C(NC1CCCC1CBr)c1csc2ccccc12. The minimum absolute atomic E-state index is 0.0790. The highest BCUT2D eigenvalue weighted by atomic mass is 79.9. The molecule has 1 fully saturated rings. The molecule has 1 aromatic heterocycles. The van der Waals surface area contributed by atoms with Gasteiger partial charge in [0.2, 0.25) is 0 Å². The van der Waals surface area contributed by atoms with Crippen LogP contribution in [0.3, 0.4) is 0 Å². The lowest BCUT2D eigenvalue weighted by Crippen LogP contribution is -2.37. The van der Waals surface area contributed by atoms with Crippen LogP contribution in [0.4, 0.5) is 0 Å². The van der Waals surface area contributed by atoms with Crippen molar-refractivity contribution in [2.45, 2.75) is 25.3 Å². The summed E-state index contributed by atoms with van der Waals surface area (Å²) in [7, 11) is 0. The minimum Gasteiger partial charge on any atom is -0.349 e. The molecule has 0 bridgehead atoms. The summed E-state index contributed by atoms with van der Waals surface area (Å²) in [5.74, 6) is 0.657. The van der Waals surface area contributed by atoms with E-state index in [2.05, 4.69) is 27.3 Å². The van der Waals surface area contributed by atoms with Crippen molar-refractivity contribution in [3.8, 4) is 0 Å². The third kappa shape index (κ3) is 2.56. The van der Waals surface area contributed by atoms with Gasteiger partial charge >= 0.3 is 0 Å². The summed E-state index contributed by atoms with van der Waals surface area (Å²) >= 11 is 5.18. The zero-order chi connectivity index (χ0) is 13.2. The van der Waals surface area contributed by atoms with E-state index in [9.17, 15) is 4.79 Å². The molecule has 1 aliphatic carbocycles. The summed E-state index contributed by atoms with van der Waals surface area (Å²) in [6.07, 6.45) is 3.52. The Kier molecular flexibility index (Phi) is 3.89. The number of rotatable bonds is 3. The van der Waals surface area contributed by atoms with Gasteiger partial charge < -0.3 is 5.32 Å². The van der Waals surface area contributed by atoms with E-state index >= 15 is 0 Å². The number of halogens is 1. The Balaban J connectivity index is 1.80. The molecule has 4 heteroatoms. The van der Waals surface area contributed by atoms with E-state index in [4.69, 9.17) is 0 Å². The molecule has 1 heterocycles. The second-order valence-corrected chi connectivity index (χ2v) is 6.63. The fraction of sp³-hybridized carbons (Fsp3) is 0.400. The summed E-state index contributed by atoms with van der Waals surface area (Å²) in [6, 6.07) is 8.41. The summed E-state index contributed by atoms with van der Waals surface area (Å²) in [5.41, 5.74) is 0.820. The zero-order valence-corrected chi connectivity index (χ0v) is 13.0. The van der Waals surface area contributed by atoms with Crippen LogP contribution in [0, 0.1) is 5.92 Å². The second-order valence-electron chi connectivity index (χ2n) is 5.07. The molecule has 0 radical (unpaired) electrons. The quantitative estimate of drug-likeness (QED) is 0.835. The molecule has 2 unspecified atom stereocenters. The first-order valence-electron chi connectivity index (χ1n) is 6.62. The van der Waals surface area contributed by atoms with E-state index in [1.54, 1.807) is 11.3 Å². The molecule has 1 aliphatic rings. The van der Waals surface area contributed by atoms with Crippen LogP contribution in [0.25, 0.3) is 10.1 Å². The third-order valence-corrected chi connectivity index (χ3v) is 5.69. The lowest BCUT2D eigenvalue weighted by molar-refractivity contribution is 0.0932. The summed E-state index contributed by atoms with van der Waals surface area (Å²) in [4.78, 5) is 12.4. The van der Waals surface area contributed by atoms with Gasteiger partial charge in [0.15, 0.2) is 0 Å². The molecule has 100 valence electrons. The maximum absolute atomic E-state index is 12.4. The molecular formula is C15H16BrNOS. The predicted octanol–water partition coefficient (Wildman–Crippen LogP) is 4.19. The van der Waals surface area contributed by atoms with Crippen LogP contribution in [0.1, 0.15) is 29.6 Å². The van der Waals surface area contributed by atoms with Gasteiger partial charge in [0, 0.05) is 26.8 Å². The van der Waals surface area contributed by atoms with Crippen molar-refractivity contribution >= 4 is 43.3 Å². The Labute approximate surface area is 125 Å². The molecule has 2 nitrogen and oxygen atoms in total. The molecule has 0 saturated heterocycles. The Morgan fingerprint density at radius 1 is 1.37 bits per heavy atom. The smallest absolute Gasteiger partial charge is 0.252 e. The highest BCUT2D eigenvalue weighted by Gasteiger charge is 2.28. The number of hydrogen-bond acceptors (Lipinski definition) is 2. The maximum atomic E-state index is 12.4. The largest absolute Gasteiger partial charge is 0.349 e. The van der Waals surface area contributed by atoms with Crippen LogP contribution in [0.5, 0.6) is 0 Å². The van der Waals surface area contributed by atoms with Gasteiger partial charge in [0.05, 0.1) is 5.56 Å². The minimum atomic E-state index is 0.0790. The van der Waals surface area contributed by atoms with Gasteiger partial charge in [0.1, 0.15) is 0 Å². The van der Waals surface area contributed by atoms with Crippen molar-refractivity contribution in [3.63, 3.8) is 0 Å². The molecule has 1 N–H and O–H groups in total. The summed E-state index contributed by atoms with van der Waals surface area (Å²) in [5, 5.41) is 7.22. The lowest BCUT2D eigenvalue weighted by Gasteiger charge is -2.18. The summed E-state index contributed by atoms with van der Waals surface area (Å²) in [6.45, 7) is 0. The van der Waals surface area contributed by atoms with E-state index < -0.39 is 0 Å². The topological polar surface area (TPSA) is 29.1 Å². The van der Waals surface area contributed by atoms with Crippen molar-refractivity contribution in [1.82, 2.24) is 5.32 Å². The fourth-order valence-electron chi connectivity index (χ4n) is 2.81. The number of amides is 1. The van der Waals surface area contributed by atoms with Gasteiger partial charge in [-0.3, -0.25) is 4.79 Å². The van der Waals surface area contributed by atoms with Crippen molar-refractivity contribution in [1.29, 1.82) is 0 Å². The van der Waals surface area contributed by atoms with Crippen LogP contribution in [-0.4, -0.2) is 17.3 Å². The van der Waals surface area contributed by atoms with Crippen LogP contribution < -0.4 is 5.32 Å². The van der Waals surface area contributed by atoms with Crippen LogP contribution in [0.15, 0.2) is 29.6 Å². The average molecular weight is 338 g/mol. The summed E-state index contributed by atoms with van der Waals surface area (Å²) < 4.78 is 1.18. The predicted molar refractivity (Wildman–Crippen MR) is 84.2 cm³/mol. The Bertz CT molecular complexity index is 595. The number of fused-ring (bicyclic) bond motifs is 1. The molecule has 0 aliphatic heterocycles. The van der Waals surface area contributed by atoms with E-state index in [0.29, 0.717) is 12.0 Å². The number of nitrogens with one attached hydrogen (secondary N) is 1. The highest BCUT2D eigenvalue weighted by molar-refractivity contribution is 9.09. The molecule has 3 rings (SSSR count). The molecule has 2 aromatic rings. The molecule has 0 spiro atoms. The zero-order valence-electron chi connectivity index (χ0n) is 10.6. The van der Waals surface area contributed by atoms with Crippen LogP contribution in [0.2, 0.25) is 0 Å². The van der Waals surface area contributed by atoms with Gasteiger partial charge in [-0.05, 0) is 24.8 Å². The molecular weight excluding hydrogens is 322 g/mol. The Hall–Kier alpha value is -0.870. The van der Waals surface area contributed by atoms with E-state index in [0.717, 1.165) is 22.7 Å². The van der Waals surface area contributed by atoms with Gasteiger partial charge in [-0.15, -0.1) is 11.3 Å². The number of alkyl halides is 1. The first kappa shape index (κ1) is 13.1. The lowest BCUT2D eigenvalue weighted by atomic mass is 10.1. The monoisotopic (exact) mass is 337 g/mol. The molecule has 1 saturated carbocycles. The maximum Gasteiger partial charge on any atom is 0.252 e. The molecule has 1 amide bonds. The number of carbonyl (C=O) groups is 1. The number of benzene rings is 1. The Morgan fingerprint density at radius 3 is 3.05 bits per heavy atom. The van der Waals surface area contributed by atoms with Gasteiger partial charge in [-0.2, -0.15) is 0 Å². The van der Waals surface area contributed by atoms with Crippen LogP contribution >= 0.6 is 27.3 Å². The first-order valence-corrected chi connectivity index (χ1v) is 8.63. The molecule has 19 heavy (non-hydrogen) atoms. The van der Waals surface area contributed by atoms with Crippen molar-refractivity contribution in [3.05, 3.63) is 35.2 Å². The Morgan fingerprint density at radius 2 is 2.21 bits per heavy atom. The number of hydrogen-bond donors (Lipinski definition) is 1. The standard InChI is InChI=1S/C15H16BrNOS/c16-8-10-4-3-6-13(10)17-15(18)12-9-19-14-7-2-1-5-11(12)14/h1-2,5,7,9-10,13H,3-4,6,8H2,(H,17,18). The van der Waals surface area contributed by atoms with E-state index in [1.165, 1.54) is 17.5 Å². The molecule has 1 aromatic carbocycles. The average Bonchev–Trinajstić information content (AvgIpc) is 3.04. The van der Waals surface area contributed by atoms with Gasteiger partial charge in [-0.1, -0.05) is 40.5 Å². The second kappa shape index (κ2) is 5.63. The van der Waals surface area contributed by atoms with Gasteiger partial charge in [0.25, 0.3) is 5.91 Å². The number of thiophene rings is 1. The van der Waals surface area contributed by atoms with Crippen molar-refractivity contribution in [2.75, 3.05) is 5.33 Å². The molecule has 2 atom stereocenters. The highest BCUT2D eigenvalue weighted by Crippen LogP contribution is 2.29. The first-order chi connectivity index (χ1) is 9.29. The van der Waals surface area contributed by atoms with Crippen LogP contribution in [-0.2, 0) is 0 Å². The fourth-order valence-corrected chi connectivity index (χ4v) is 4.53.